The fraction of sp³-hybridized carbons (Fsp3) is 0.467. The molecule has 2 amide bonds. The highest BCUT2D eigenvalue weighted by Crippen LogP contribution is 2.31. The van der Waals surface area contributed by atoms with Gasteiger partial charge < -0.3 is 20.1 Å². The molecule has 0 unspecified atom stereocenters. The van der Waals surface area contributed by atoms with E-state index in [2.05, 4.69) is 5.32 Å². The molecule has 0 saturated carbocycles. The molecule has 0 fully saturated rings. The van der Waals surface area contributed by atoms with E-state index in [1.54, 1.807) is 14.2 Å². The molecule has 0 atom stereocenters. The van der Waals surface area contributed by atoms with Gasteiger partial charge >= 0.3 is 12.0 Å². The van der Waals surface area contributed by atoms with Crippen molar-refractivity contribution in [1.82, 2.24) is 4.90 Å². The number of rotatable bonds is 5. The number of amides is 2. The summed E-state index contributed by atoms with van der Waals surface area (Å²) in [5.74, 6) is -0.149. The summed E-state index contributed by atoms with van der Waals surface area (Å²) >= 11 is 0. The third kappa shape index (κ3) is 4.11. The predicted octanol–water partition coefficient (Wildman–Crippen LogP) is 2.56. The lowest BCUT2D eigenvalue weighted by molar-refractivity contribution is -0.137. The Morgan fingerprint density at radius 2 is 1.90 bits per heavy atom. The average Bonchev–Trinajstić information content (AvgIpc) is 2.44. The number of urea groups is 1. The molecule has 1 aromatic carbocycles. The third-order valence-electron chi connectivity index (χ3n) is 3.51. The Hall–Kier alpha value is -2.24. The molecule has 0 spiro atoms. The molecule has 0 saturated heterocycles. The van der Waals surface area contributed by atoms with Crippen molar-refractivity contribution in [2.75, 3.05) is 26.0 Å². The molecule has 0 heterocycles. The number of ether oxygens (including phenoxy) is 1. The van der Waals surface area contributed by atoms with Crippen LogP contribution in [-0.2, 0) is 4.79 Å². The summed E-state index contributed by atoms with van der Waals surface area (Å²) in [6, 6.07) is 1.54. The second-order valence-electron chi connectivity index (χ2n) is 5.02. The van der Waals surface area contributed by atoms with Crippen LogP contribution in [0.1, 0.15) is 23.1 Å². The summed E-state index contributed by atoms with van der Waals surface area (Å²) in [6.07, 6.45) is -0.0798. The summed E-state index contributed by atoms with van der Waals surface area (Å²) in [7, 11) is 3.18. The molecular weight excluding hydrogens is 272 g/mol. The minimum absolute atomic E-state index is 0.0798. The van der Waals surface area contributed by atoms with Crippen molar-refractivity contribution >= 4 is 17.7 Å². The van der Waals surface area contributed by atoms with Crippen LogP contribution in [-0.4, -0.2) is 42.7 Å². The molecule has 6 nitrogen and oxygen atoms in total. The Bertz CT molecular complexity index is 555. The highest BCUT2D eigenvalue weighted by molar-refractivity contribution is 5.91. The normalized spacial score (nSPS) is 10.1. The van der Waals surface area contributed by atoms with Crippen LogP contribution >= 0.6 is 0 Å². The van der Waals surface area contributed by atoms with Crippen molar-refractivity contribution in [3.8, 4) is 5.75 Å². The van der Waals surface area contributed by atoms with Crippen LogP contribution in [0, 0.1) is 20.8 Å². The van der Waals surface area contributed by atoms with E-state index in [1.807, 2.05) is 26.8 Å². The van der Waals surface area contributed by atoms with Crippen molar-refractivity contribution in [2.24, 2.45) is 0 Å². The number of carboxylic acid groups (broad SMARTS) is 1. The zero-order valence-corrected chi connectivity index (χ0v) is 13.1. The van der Waals surface area contributed by atoms with Gasteiger partial charge in [0.2, 0.25) is 0 Å². The highest BCUT2D eigenvalue weighted by Gasteiger charge is 2.15. The van der Waals surface area contributed by atoms with Crippen molar-refractivity contribution in [2.45, 2.75) is 27.2 Å². The summed E-state index contributed by atoms with van der Waals surface area (Å²) in [4.78, 5) is 24.0. The smallest absolute Gasteiger partial charge is 0.321 e. The maximum Gasteiger partial charge on any atom is 0.321 e. The second kappa shape index (κ2) is 6.97. The van der Waals surface area contributed by atoms with E-state index in [4.69, 9.17) is 9.84 Å². The molecule has 0 aliphatic rings. The molecule has 0 radical (unpaired) electrons. The Balaban J connectivity index is 2.90. The standard InChI is InChI=1S/C15H22N2O4/c1-9-8-12(21-5)10(2)11(3)14(9)16-15(20)17(4)7-6-13(18)19/h8H,6-7H2,1-5H3,(H,16,20)(H,18,19). The Morgan fingerprint density at radius 1 is 1.29 bits per heavy atom. The van der Waals surface area contributed by atoms with Gasteiger partial charge in [0.1, 0.15) is 5.75 Å². The Kier molecular flexibility index (Phi) is 5.58. The second-order valence-corrected chi connectivity index (χ2v) is 5.02. The number of benzene rings is 1. The molecule has 0 bridgehead atoms. The van der Waals surface area contributed by atoms with E-state index in [-0.39, 0.29) is 19.0 Å². The lowest BCUT2D eigenvalue weighted by atomic mass is 10.0. The van der Waals surface area contributed by atoms with Crippen LogP contribution in [0.4, 0.5) is 10.5 Å². The van der Waals surface area contributed by atoms with E-state index < -0.39 is 5.97 Å². The maximum absolute atomic E-state index is 12.1. The van der Waals surface area contributed by atoms with Gasteiger partial charge in [0.15, 0.2) is 0 Å². The van der Waals surface area contributed by atoms with Crippen LogP contribution < -0.4 is 10.1 Å². The van der Waals surface area contributed by atoms with Gasteiger partial charge in [-0.15, -0.1) is 0 Å². The van der Waals surface area contributed by atoms with Crippen molar-refractivity contribution in [3.63, 3.8) is 0 Å². The Labute approximate surface area is 124 Å². The number of methoxy groups -OCH3 is 1. The van der Waals surface area contributed by atoms with Gasteiger partial charge in [0.05, 0.1) is 13.5 Å². The van der Waals surface area contributed by atoms with Crippen molar-refractivity contribution in [3.05, 3.63) is 22.8 Å². The minimum atomic E-state index is -0.928. The number of carbonyl (C=O) groups is 2. The molecule has 21 heavy (non-hydrogen) atoms. The number of hydrogen-bond acceptors (Lipinski definition) is 3. The van der Waals surface area contributed by atoms with Crippen LogP contribution in [0.15, 0.2) is 6.07 Å². The van der Waals surface area contributed by atoms with Gasteiger partial charge in [0.25, 0.3) is 0 Å². The molecular formula is C15H22N2O4. The molecule has 2 N–H and O–H groups in total. The number of nitrogens with zero attached hydrogens (tertiary/aromatic N) is 1. The van der Waals surface area contributed by atoms with E-state index in [9.17, 15) is 9.59 Å². The zero-order valence-electron chi connectivity index (χ0n) is 13.1. The van der Waals surface area contributed by atoms with Crippen LogP contribution in [0.3, 0.4) is 0 Å². The highest BCUT2D eigenvalue weighted by atomic mass is 16.5. The fourth-order valence-electron chi connectivity index (χ4n) is 2.02. The summed E-state index contributed by atoms with van der Waals surface area (Å²) in [5.41, 5.74) is 3.54. The van der Waals surface area contributed by atoms with Crippen LogP contribution in [0.5, 0.6) is 5.75 Å². The van der Waals surface area contributed by atoms with Gasteiger partial charge in [-0.1, -0.05) is 0 Å². The molecule has 0 aromatic heterocycles. The number of carboxylic acids is 1. The first-order valence-corrected chi connectivity index (χ1v) is 6.66. The van der Waals surface area contributed by atoms with E-state index in [0.717, 1.165) is 28.1 Å². The molecule has 0 aliphatic heterocycles. The SMILES string of the molecule is COc1cc(C)c(NC(=O)N(C)CCC(=O)O)c(C)c1C. The number of anilines is 1. The predicted molar refractivity (Wildman–Crippen MR) is 81.1 cm³/mol. The first-order valence-electron chi connectivity index (χ1n) is 6.66. The molecule has 1 aromatic rings. The first kappa shape index (κ1) is 16.8. The van der Waals surface area contributed by atoms with Crippen molar-refractivity contribution in [1.29, 1.82) is 0 Å². The van der Waals surface area contributed by atoms with Gasteiger partial charge in [-0.3, -0.25) is 4.79 Å². The molecule has 1 rings (SSSR count). The van der Waals surface area contributed by atoms with Gasteiger partial charge in [-0.2, -0.15) is 0 Å². The number of aryl methyl sites for hydroxylation is 1. The molecule has 116 valence electrons. The zero-order chi connectivity index (χ0) is 16.2. The lowest BCUT2D eigenvalue weighted by Gasteiger charge is -2.21. The maximum atomic E-state index is 12.1. The van der Waals surface area contributed by atoms with Crippen molar-refractivity contribution < 1.29 is 19.4 Å². The number of nitrogens with one attached hydrogen (secondary N) is 1. The topological polar surface area (TPSA) is 78.9 Å². The van der Waals surface area contributed by atoms with E-state index in [1.165, 1.54) is 4.90 Å². The molecule has 6 heteroatoms. The fourth-order valence-corrected chi connectivity index (χ4v) is 2.02. The van der Waals surface area contributed by atoms with Gasteiger partial charge in [-0.05, 0) is 43.5 Å². The summed E-state index contributed by atoms with van der Waals surface area (Å²) < 4.78 is 5.29. The molecule has 0 aliphatic carbocycles. The van der Waals surface area contributed by atoms with Gasteiger partial charge in [-0.25, -0.2) is 4.79 Å². The summed E-state index contributed by atoms with van der Waals surface area (Å²) in [6.45, 7) is 5.89. The summed E-state index contributed by atoms with van der Waals surface area (Å²) in [5, 5.41) is 11.5. The van der Waals surface area contributed by atoms with E-state index in [0.29, 0.717) is 0 Å². The first-order chi connectivity index (χ1) is 9.77. The minimum Gasteiger partial charge on any atom is -0.496 e. The quantitative estimate of drug-likeness (QED) is 0.874. The third-order valence-corrected chi connectivity index (χ3v) is 3.51. The van der Waals surface area contributed by atoms with Crippen LogP contribution in [0.25, 0.3) is 0 Å². The van der Waals surface area contributed by atoms with Crippen LogP contribution in [0.2, 0.25) is 0 Å². The number of aliphatic carboxylic acids is 1. The lowest BCUT2D eigenvalue weighted by Crippen LogP contribution is -2.33. The average molecular weight is 294 g/mol. The Morgan fingerprint density at radius 3 is 2.43 bits per heavy atom. The number of hydrogen-bond donors (Lipinski definition) is 2. The largest absolute Gasteiger partial charge is 0.496 e. The monoisotopic (exact) mass is 294 g/mol. The number of carbonyl (C=O) groups excluding carboxylic acids is 1. The van der Waals surface area contributed by atoms with E-state index >= 15 is 0 Å². The van der Waals surface area contributed by atoms with Gasteiger partial charge in [0, 0.05) is 19.3 Å².